The van der Waals surface area contributed by atoms with Crippen LogP contribution < -0.4 is 15.0 Å². The molecule has 2 heterocycles. The number of rotatable bonds is 29. The second kappa shape index (κ2) is 26.2. The molecule has 0 aliphatic carbocycles. The molecule has 59 heavy (non-hydrogen) atoms. The number of benzene rings is 3. The number of amides is 2. The zero-order valence-electron chi connectivity index (χ0n) is 34.6. The van der Waals surface area contributed by atoms with Gasteiger partial charge in [0.25, 0.3) is 0 Å². The predicted octanol–water partition coefficient (Wildman–Crippen LogP) is 7.21. The van der Waals surface area contributed by atoms with Gasteiger partial charge in [-0.15, -0.1) is 5.10 Å². The predicted molar refractivity (Wildman–Crippen MR) is 227 cm³/mol. The van der Waals surface area contributed by atoms with Crippen LogP contribution in [-0.4, -0.2) is 98.6 Å². The van der Waals surface area contributed by atoms with Crippen LogP contribution in [-0.2, 0) is 46.4 Å². The van der Waals surface area contributed by atoms with Gasteiger partial charge in [0.05, 0.1) is 83.9 Å². The Kier molecular flexibility index (Phi) is 20.1. The van der Waals surface area contributed by atoms with Crippen molar-refractivity contribution in [3.05, 3.63) is 84.4 Å². The van der Waals surface area contributed by atoms with E-state index in [1.807, 2.05) is 83.5 Å². The molecule has 0 spiro atoms. The van der Waals surface area contributed by atoms with Crippen LogP contribution in [0.4, 0.5) is 5.69 Å². The van der Waals surface area contributed by atoms with Gasteiger partial charge in [-0.1, -0.05) is 98.5 Å². The Hall–Kier alpha value is -4.95. The molecule has 4 aromatic rings. The number of ketones is 1. The van der Waals surface area contributed by atoms with Gasteiger partial charge in [0.2, 0.25) is 11.8 Å². The van der Waals surface area contributed by atoms with Crippen molar-refractivity contribution in [2.24, 2.45) is 0 Å². The number of hydrogen-bond acceptors (Lipinski definition) is 10. The molecule has 0 saturated heterocycles. The second-order valence-corrected chi connectivity index (χ2v) is 14.4. The number of fused-ring (bicyclic) bond motifs is 5. The Morgan fingerprint density at radius 1 is 0.644 bits per heavy atom. The van der Waals surface area contributed by atoms with Crippen molar-refractivity contribution in [1.82, 2.24) is 20.3 Å². The standard InChI is InChI=1S/C46H61N5O8/c1-2-3-4-5-13-25-47-43(53)22-23-44(54)50-36-37-15-9-10-19-40(37)45-46(41-20-11-12-21-42(41)50)51(49-48-45)26-29-56-31-33-58-35-34-57-32-30-55-28-24-38(52)16-14-27-59-39-17-7-6-8-18-39/h6-12,15,17-21H,2-5,13-14,16,22-36H2,1H3,(H,47,53). The Bertz CT molecular complexity index is 1850. The van der Waals surface area contributed by atoms with Crippen molar-refractivity contribution in [2.75, 3.05) is 70.9 Å². The molecule has 1 N–H and O–H groups in total. The minimum absolute atomic E-state index is 0.0986. The van der Waals surface area contributed by atoms with Crippen molar-refractivity contribution in [2.45, 2.75) is 84.2 Å². The number of carbonyl (C=O) groups excluding carboxylic acids is 3. The summed E-state index contributed by atoms with van der Waals surface area (Å²) in [4.78, 5) is 40.4. The van der Waals surface area contributed by atoms with Crippen molar-refractivity contribution in [3.63, 3.8) is 0 Å². The van der Waals surface area contributed by atoms with E-state index in [9.17, 15) is 14.4 Å². The molecule has 318 valence electrons. The SMILES string of the molecule is CCCCCCCNC(=O)CCC(=O)N1Cc2ccccc2-c2nnn(CCOCCOCCOCCOCCC(=O)CCCOc3ccccc3)c2-c2ccccc21. The molecule has 13 nitrogen and oxygen atoms in total. The lowest BCUT2D eigenvalue weighted by molar-refractivity contribution is -0.125. The number of Topliss-reactive ketones (excluding diaryl/α,β-unsaturated/α-hetero) is 1. The topological polar surface area (TPSA) is 143 Å². The summed E-state index contributed by atoms with van der Waals surface area (Å²) in [6.45, 7) is 7.43. The number of para-hydroxylation sites is 2. The van der Waals surface area contributed by atoms with E-state index < -0.39 is 0 Å². The van der Waals surface area contributed by atoms with Crippen LogP contribution in [0.1, 0.15) is 76.7 Å². The molecule has 2 amide bonds. The van der Waals surface area contributed by atoms with Gasteiger partial charge in [0.1, 0.15) is 17.2 Å². The molecule has 1 aliphatic heterocycles. The third-order valence-electron chi connectivity index (χ3n) is 9.96. The molecule has 0 bridgehead atoms. The Morgan fingerprint density at radius 3 is 2.07 bits per heavy atom. The zero-order valence-corrected chi connectivity index (χ0v) is 34.6. The molecule has 0 fully saturated rings. The van der Waals surface area contributed by atoms with Crippen LogP contribution in [0.15, 0.2) is 78.9 Å². The summed E-state index contributed by atoms with van der Waals surface area (Å²) in [6, 6.07) is 25.3. The van der Waals surface area contributed by atoms with Gasteiger partial charge in [-0.3, -0.25) is 14.4 Å². The molecule has 13 heteroatoms. The number of nitrogens with zero attached hydrogens (tertiary/aromatic N) is 4. The maximum atomic E-state index is 13.9. The summed E-state index contributed by atoms with van der Waals surface area (Å²) < 4.78 is 30.2. The van der Waals surface area contributed by atoms with Crippen LogP contribution in [0.3, 0.4) is 0 Å². The summed E-state index contributed by atoms with van der Waals surface area (Å²) >= 11 is 0. The van der Waals surface area contributed by atoms with Gasteiger partial charge in [-0.05, 0) is 36.6 Å². The van der Waals surface area contributed by atoms with Crippen molar-refractivity contribution < 1.29 is 38.1 Å². The van der Waals surface area contributed by atoms with Gasteiger partial charge in [-0.25, -0.2) is 4.68 Å². The number of carbonyl (C=O) groups is 3. The molecule has 1 aliphatic rings. The number of nitrogens with one attached hydrogen (secondary N) is 1. The Balaban J connectivity index is 0.993. The lowest BCUT2D eigenvalue weighted by Crippen LogP contribution is -2.33. The highest BCUT2D eigenvalue weighted by Crippen LogP contribution is 2.41. The quantitative estimate of drug-likeness (QED) is 0.0559. The fourth-order valence-corrected chi connectivity index (χ4v) is 6.79. The van der Waals surface area contributed by atoms with Gasteiger partial charge < -0.3 is 33.9 Å². The van der Waals surface area contributed by atoms with Crippen LogP contribution in [0.5, 0.6) is 5.75 Å². The highest BCUT2D eigenvalue weighted by atomic mass is 16.6. The minimum Gasteiger partial charge on any atom is -0.494 e. The smallest absolute Gasteiger partial charge is 0.227 e. The first kappa shape index (κ1) is 45.1. The molecule has 0 saturated carbocycles. The maximum absolute atomic E-state index is 13.9. The minimum atomic E-state index is -0.115. The maximum Gasteiger partial charge on any atom is 0.227 e. The van der Waals surface area contributed by atoms with E-state index in [1.165, 1.54) is 19.3 Å². The first-order valence-corrected chi connectivity index (χ1v) is 21.2. The van der Waals surface area contributed by atoms with E-state index in [0.29, 0.717) is 98.4 Å². The number of anilines is 1. The first-order chi connectivity index (χ1) is 29.0. The van der Waals surface area contributed by atoms with E-state index in [0.717, 1.165) is 52.4 Å². The summed E-state index contributed by atoms with van der Waals surface area (Å²) in [7, 11) is 0. The van der Waals surface area contributed by atoms with E-state index >= 15 is 0 Å². The third kappa shape index (κ3) is 15.3. The lowest BCUT2D eigenvalue weighted by atomic mass is 9.95. The summed E-state index contributed by atoms with van der Waals surface area (Å²) in [6.07, 6.45) is 7.41. The van der Waals surface area contributed by atoms with Gasteiger partial charge in [0, 0.05) is 43.4 Å². The van der Waals surface area contributed by atoms with Crippen molar-refractivity contribution >= 4 is 23.3 Å². The zero-order chi connectivity index (χ0) is 41.3. The van der Waals surface area contributed by atoms with Crippen molar-refractivity contribution in [3.8, 4) is 28.3 Å². The average molecular weight is 812 g/mol. The summed E-state index contributed by atoms with van der Waals surface area (Å²) in [5.41, 5.74) is 5.02. The molecule has 1 aromatic heterocycles. The molecule has 3 aromatic carbocycles. The van der Waals surface area contributed by atoms with Crippen LogP contribution in [0.2, 0.25) is 0 Å². The van der Waals surface area contributed by atoms with Crippen LogP contribution in [0, 0.1) is 0 Å². The lowest BCUT2D eigenvalue weighted by Gasteiger charge is -2.28. The fourth-order valence-electron chi connectivity index (χ4n) is 6.79. The molecule has 0 unspecified atom stereocenters. The molecular weight excluding hydrogens is 751 g/mol. The van der Waals surface area contributed by atoms with E-state index in [2.05, 4.69) is 22.6 Å². The summed E-state index contributed by atoms with van der Waals surface area (Å²) in [5, 5.41) is 12.1. The summed E-state index contributed by atoms with van der Waals surface area (Å²) in [5.74, 6) is 0.766. The number of aromatic nitrogens is 3. The largest absolute Gasteiger partial charge is 0.494 e. The van der Waals surface area contributed by atoms with Gasteiger partial charge >= 0.3 is 0 Å². The Morgan fingerprint density at radius 2 is 1.31 bits per heavy atom. The molecule has 0 radical (unpaired) electrons. The number of ether oxygens (including phenoxy) is 5. The van der Waals surface area contributed by atoms with Crippen molar-refractivity contribution in [1.29, 1.82) is 0 Å². The highest BCUT2D eigenvalue weighted by molar-refractivity contribution is 6.01. The second-order valence-electron chi connectivity index (χ2n) is 14.4. The van der Waals surface area contributed by atoms with E-state index in [1.54, 1.807) is 4.90 Å². The monoisotopic (exact) mass is 811 g/mol. The van der Waals surface area contributed by atoms with E-state index in [4.69, 9.17) is 23.7 Å². The fraction of sp³-hybridized carbons (Fsp3) is 0.500. The average Bonchev–Trinajstić information content (AvgIpc) is 3.67. The van der Waals surface area contributed by atoms with Gasteiger partial charge in [-0.2, -0.15) is 0 Å². The van der Waals surface area contributed by atoms with Crippen LogP contribution in [0.25, 0.3) is 22.5 Å². The molecular formula is C46H61N5O8. The van der Waals surface area contributed by atoms with Crippen LogP contribution >= 0.6 is 0 Å². The number of unbranched alkanes of at least 4 members (excludes halogenated alkanes) is 4. The molecule has 5 rings (SSSR count). The Labute approximate surface area is 348 Å². The van der Waals surface area contributed by atoms with E-state index in [-0.39, 0.29) is 30.4 Å². The first-order valence-electron chi connectivity index (χ1n) is 21.2. The third-order valence-corrected chi connectivity index (χ3v) is 9.96. The number of hydrogen-bond donors (Lipinski definition) is 1. The highest BCUT2D eigenvalue weighted by Gasteiger charge is 2.29. The van der Waals surface area contributed by atoms with Gasteiger partial charge in [0.15, 0.2) is 0 Å². The normalized spacial score (nSPS) is 11.9. The molecule has 0 atom stereocenters.